The molecule has 0 aliphatic heterocycles. The van der Waals surface area contributed by atoms with E-state index in [2.05, 4.69) is 22.6 Å². The first-order chi connectivity index (χ1) is 5.95. The Morgan fingerprint density at radius 1 is 1.46 bits per heavy atom. The van der Waals surface area contributed by atoms with E-state index in [0.717, 1.165) is 20.3 Å². The molecule has 0 atom stereocenters. The van der Waals surface area contributed by atoms with Crippen LogP contribution in [0.3, 0.4) is 0 Å². The molecule has 13 heavy (non-hydrogen) atoms. The fraction of sp³-hybridized carbons (Fsp3) is 0.333. The molecular weight excluding hydrogens is 317 g/mol. The SMILES string of the molecule is CP(C)(=O)c1ccc(Cl)c(CI)c1. The first-order valence-corrected chi connectivity index (χ1v) is 8.35. The summed E-state index contributed by atoms with van der Waals surface area (Å²) in [4.78, 5) is 0. The highest BCUT2D eigenvalue weighted by Crippen LogP contribution is 2.35. The van der Waals surface area contributed by atoms with Crippen molar-refractivity contribution in [3.05, 3.63) is 28.8 Å². The number of hydrogen-bond donors (Lipinski definition) is 0. The Morgan fingerprint density at radius 2 is 2.08 bits per heavy atom. The van der Waals surface area contributed by atoms with Gasteiger partial charge in [0.2, 0.25) is 0 Å². The van der Waals surface area contributed by atoms with Crippen LogP contribution in [-0.4, -0.2) is 13.3 Å². The number of benzene rings is 1. The van der Waals surface area contributed by atoms with Crippen LogP contribution in [0.25, 0.3) is 0 Å². The van der Waals surface area contributed by atoms with Crippen LogP contribution in [0.4, 0.5) is 0 Å². The van der Waals surface area contributed by atoms with Crippen molar-refractivity contribution < 1.29 is 4.57 Å². The lowest BCUT2D eigenvalue weighted by molar-refractivity contribution is 0.588. The van der Waals surface area contributed by atoms with Gasteiger partial charge in [0.05, 0.1) is 0 Å². The van der Waals surface area contributed by atoms with E-state index < -0.39 is 7.14 Å². The van der Waals surface area contributed by atoms with Gasteiger partial charge in [-0.3, -0.25) is 0 Å². The second-order valence-electron chi connectivity index (χ2n) is 3.26. The lowest BCUT2D eigenvalue weighted by atomic mass is 10.2. The van der Waals surface area contributed by atoms with Crippen LogP contribution >= 0.6 is 41.3 Å². The van der Waals surface area contributed by atoms with Gasteiger partial charge in [0.25, 0.3) is 0 Å². The molecule has 0 heterocycles. The average molecular weight is 329 g/mol. The molecule has 0 aliphatic rings. The first kappa shape index (κ1) is 11.5. The predicted molar refractivity (Wildman–Crippen MR) is 68.3 cm³/mol. The van der Waals surface area contributed by atoms with E-state index in [0.29, 0.717) is 0 Å². The molecular formula is C9H11ClIOP. The molecule has 0 spiro atoms. The highest BCUT2D eigenvalue weighted by atomic mass is 127. The first-order valence-electron chi connectivity index (χ1n) is 3.85. The molecule has 1 rings (SSSR count). The largest absolute Gasteiger partial charge is 0.319 e. The summed E-state index contributed by atoms with van der Waals surface area (Å²) in [6.45, 7) is 3.54. The maximum absolute atomic E-state index is 11.8. The molecule has 0 N–H and O–H groups in total. The van der Waals surface area contributed by atoms with Crippen molar-refractivity contribution >= 4 is 46.6 Å². The number of rotatable bonds is 2. The van der Waals surface area contributed by atoms with Crippen LogP contribution in [0.1, 0.15) is 5.56 Å². The molecule has 0 radical (unpaired) electrons. The molecule has 72 valence electrons. The molecule has 0 aromatic heterocycles. The van der Waals surface area contributed by atoms with Crippen molar-refractivity contribution in [2.24, 2.45) is 0 Å². The third-order valence-electron chi connectivity index (χ3n) is 1.80. The molecule has 1 nitrogen and oxygen atoms in total. The molecule has 0 saturated heterocycles. The maximum atomic E-state index is 11.8. The summed E-state index contributed by atoms with van der Waals surface area (Å²) >= 11 is 8.20. The van der Waals surface area contributed by atoms with Crippen molar-refractivity contribution in [3.8, 4) is 0 Å². The Morgan fingerprint density at radius 3 is 2.54 bits per heavy atom. The molecule has 0 bridgehead atoms. The Balaban J connectivity index is 3.22. The Bertz CT molecular complexity index is 359. The van der Waals surface area contributed by atoms with Gasteiger partial charge in [-0.15, -0.1) is 0 Å². The predicted octanol–water partition coefficient (Wildman–Crippen LogP) is 3.52. The van der Waals surface area contributed by atoms with Gasteiger partial charge in [0.1, 0.15) is 7.14 Å². The van der Waals surface area contributed by atoms with Gasteiger partial charge in [0, 0.05) is 14.8 Å². The van der Waals surface area contributed by atoms with E-state index in [4.69, 9.17) is 11.6 Å². The summed E-state index contributed by atoms with van der Waals surface area (Å²) < 4.78 is 12.6. The summed E-state index contributed by atoms with van der Waals surface area (Å²) in [5.74, 6) is 0. The Hall–Kier alpha value is 0.470. The zero-order valence-electron chi connectivity index (χ0n) is 7.55. The van der Waals surface area contributed by atoms with Crippen LogP contribution in [0.2, 0.25) is 5.02 Å². The van der Waals surface area contributed by atoms with Gasteiger partial charge in [-0.05, 0) is 31.0 Å². The van der Waals surface area contributed by atoms with Gasteiger partial charge in [0.15, 0.2) is 0 Å². The molecule has 1 aromatic rings. The lowest BCUT2D eigenvalue weighted by Crippen LogP contribution is -2.03. The quantitative estimate of drug-likeness (QED) is 0.461. The van der Waals surface area contributed by atoms with Crippen LogP contribution in [0, 0.1) is 0 Å². The van der Waals surface area contributed by atoms with Crippen molar-refractivity contribution in [2.45, 2.75) is 4.43 Å². The summed E-state index contributed by atoms with van der Waals surface area (Å²) in [5, 5.41) is 1.66. The number of alkyl halides is 1. The van der Waals surface area contributed by atoms with Gasteiger partial charge >= 0.3 is 0 Å². The van der Waals surface area contributed by atoms with Crippen LogP contribution in [0.15, 0.2) is 18.2 Å². The molecule has 0 unspecified atom stereocenters. The van der Waals surface area contributed by atoms with Gasteiger partial charge in [-0.2, -0.15) is 0 Å². The Labute approximate surface area is 97.4 Å². The monoisotopic (exact) mass is 328 g/mol. The molecule has 4 heteroatoms. The lowest BCUT2D eigenvalue weighted by Gasteiger charge is -2.09. The minimum absolute atomic E-state index is 0.756. The van der Waals surface area contributed by atoms with E-state index >= 15 is 0 Å². The Kier molecular flexibility index (Phi) is 3.84. The number of hydrogen-bond acceptors (Lipinski definition) is 1. The smallest absolute Gasteiger partial charge is 0.109 e. The normalized spacial score (nSPS) is 11.7. The molecule has 0 aliphatic carbocycles. The summed E-state index contributed by atoms with van der Waals surface area (Å²) in [6.07, 6.45) is 0. The van der Waals surface area contributed by atoms with Crippen LogP contribution in [-0.2, 0) is 8.99 Å². The third kappa shape index (κ3) is 2.97. The van der Waals surface area contributed by atoms with E-state index in [1.54, 1.807) is 13.3 Å². The summed E-state index contributed by atoms with van der Waals surface area (Å²) in [5.41, 5.74) is 1.06. The van der Waals surface area contributed by atoms with E-state index in [-0.39, 0.29) is 0 Å². The second-order valence-corrected chi connectivity index (χ2v) is 7.65. The molecule has 0 fully saturated rings. The fourth-order valence-corrected chi connectivity index (χ4v) is 2.94. The molecule has 0 saturated carbocycles. The maximum Gasteiger partial charge on any atom is 0.109 e. The minimum atomic E-state index is -2.14. The number of halogens is 2. The summed E-state index contributed by atoms with van der Waals surface area (Å²) in [7, 11) is -2.14. The average Bonchev–Trinajstić information content (AvgIpc) is 2.03. The zero-order chi connectivity index (χ0) is 10.1. The van der Waals surface area contributed by atoms with E-state index in [9.17, 15) is 4.57 Å². The van der Waals surface area contributed by atoms with Gasteiger partial charge in [-0.1, -0.05) is 40.3 Å². The van der Waals surface area contributed by atoms with Crippen molar-refractivity contribution in [2.75, 3.05) is 13.3 Å². The molecule has 0 amide bonds. The van der Waals surface area contributed by atoms with Crippen LogP contribution < -0.4 is 5.30 Å². The van der Waals surface area contributed by atoms with E-state index in [1.807, 2.05) is 18.2 Å². The highest BCUT2D eigenvalue weighted by Gasteiger charge is 2.12. The van der Waals surface area contributed by atoms with E-state index in [1.165, 1.54) is 0 Å². The van der Waals surface area contributed by atoms with Crippen molar-refractivity contribution in [1.29, 1.82) is 0 Å². The van der Waals surface area contributed by atoms with Gasteiger partial charge in [-0.25, -0.2) is 0 Å². The van der Waals surface area contributed by atoms with Crippen LogP contribution in [0.5, 0.6) is 0 Å². The zero-order valence-corrected chi connectivity index (χ0v) is 11.4. The highest BCUT2D eigenvalue weighted by molar-refractivity contribution is 14.1. The topological polar surface area (TPSA) is 17.1 Å². The fourth-order valence-electron chi connectivity index (χ4n) is 0.999. The second kappa shape index (κ2) is 4.33. The van der Waals surface area contributed by atoms with Gasteiger partial charge < -0.3 is 4.57 Å². The summed E-state index contributed by atoms with van der Waals surface area (Å²) in [6, 6.07) is 5.61. The third-order valence-corrected chi connectivity index (χ3v) is 4.51. The standard InChI is InChI=1S/C9H11ClIOP/c1-13(2,12)8-3-4-9(10)7(5-8)6-11/h3-5H,6H2,1-2H3. The molecule has 1 aromatic carbocycles. The van der Waals surface area contributed by atoms with Crippen molar-refractivity contribution in [3.63, 3.8) is 0 Å². The van der Waals surface area contributed by atoms with Crippen molar-refractivity contribution in [1.82, 2.24) is 0 Å². The minimum Gasteiger partial charge on any atom is -0.319 e.